The maximum atomic E-state index is 11.8. The molecule has 0 aliphatic heterocycles. The van der Waals surface area contributed by atoms with E-state index in [1.54, 1.807) is 26.8 Å². The molecule has 0 atom stereocenters. The Kier molecular flexibility index (Phi) is 5.39. The minimum Gasteiger partial charge on any atom is -0.457 e. The van der Waals surface area contributed by atoms with E-state index in [1.807, 2.05) is 6.92 Å². The Labute approximate surface area is 103 Å². The van der Waals surface area contributed by atoms with Gasteiger partial charge in [-0.3, -0.25) is 0 Å². The van der Waals surface area contributed by atoms with Crippen LogP contribution in [0.1, 0.15) is 48.0 Å². The molecule has 0 aromatic rings. The molecule has 0 amide bonds. The third kappa shape index (κ3) is 6.76. The molecule has 4 nitrogen and oxygen atoms in total. The molecule has 0 saturated carbocycles. The lowest BCUT2D eigenvalue weighted by atomic mass is 10.1. The molecule has 0 fully saturated rings. The van der Waals surface area contributed by atoms with Crippen LogP contribution in [-0.2, 0) is 19.1 Å². The normalized spacial score (nSPS) is 12.6. The van der Waals surface area contributed by atoms with Crippen molar-refractivity contribution in [2.75, 3.05) is 0 Å². The Morgan fingerprint density at radius 2 is 1.59 bits per heavy atom. The van der Waals surface area contributed by atoms with Crippen molar-refractivity contribution in [3.63, 3.8) is 0 Å². The van der Waals surface area contributed by atoms with Crippen molar-refractivity contribution in [3.05, 3.63) is 12.2 Å². The van der Waals surface area contributed by atoms with Crippen LogP contribution in [0.5, 0.6) is 0 Å². The predicted octanol–water partition coefficient (Wildman–Crippen LogP) is 2.62. The van der Waals surface area contributed by atoms with Crippen molar-refractivity contribution in [1.29, 1.82) is 0 Å². The summed E-state index contributed by atoms with van der Waals surface area (Å²) in [6.45, 7) is 10.2. The lowest BCUT2D eigenvalue weighted by Gasteiger charge is -2.27. The van der Waals surface area contributed by atoms with Crippen LogP contribution in [0, 0.1) is 0 Å². The van der Waals surface area contributed by atoms with Gasteiger partial charge < -0.3 is 9.47 Å². The number of esters is 2. The quantitative estimate of drug-likeness (QED) is 0.561. The van der Waals surface area contributed by atoms with E-state index in [0.29, 0.717) is 0 Å². The predicted molar refractivity (Wildman–Crippen MR) is 65.4 cm³/mol. The number of ether oxygens (including phenoxy) is 2. The number of rotatable bonds is 4. The van der Waals surface area contributed by atoms with E-state index in [-0.39, 0.29) is 0 Å². The fourth-order valence-electron chi connectivity index (χ4n) is 0.942. The number of allylic oxidation sites excluding steroid dienone is 1. The summed E-state index contributed by atoms with van der Waals surface area (Å²) >= 11 is 0. The average Bonchev–Trinajstić information content (AvgIpc) is 2.11. The Morgan fingerprint density at radius 3 is 2.00 bits per heavy atom. The van der Waals surface area contributed by atoms with Gasteiger partial charge in [-0.15, -0.1) is 0 Å². The first-order valence-electron chi connectivity index (χ1n) is 5.71. The smallest absolute Gasteiger partial charge is 0.350 e. The maximum absolute atomic E-state index is 11.8. The number of carbonyl (C=O) groups excluding carboxylic acids is 2. The fourth-order valence-corrected chi connectivity index (χ4v) is 0.942. The van der Waals surface area contributed by atoms with Gasteiger partial charge in [-0.05, 0) is 41.0 Å². The fraction of sp³-hybridized carbons (Fsp3) is 0.692. The van der Waals surface area contributed by atoms with Crippen LogP contribution in [0.3, 0.4) is 0 Å². The van der Waals surface area contributed by atoms with E-state index >= 15 is 0 Å². The summed E-state index contributed by atoms with van der Waals surface area (Å²) in [6.07, 6.45) is 3.72. The second-order valence-electron chi connectivity index (χ2n) is 5.24. The molecule has 0 N–H and O–H groups in total. The molecular weight excluding hydrogens is 220 g/mol. The van der Waals surface area contributed by atoms with Crippen LogP contribution in [-0.4, -0.2) is 23.1 Å². The Hall–Kier alpha value is -1.32. The molecule has 0 aromatic heterocycles. The van der Waals surface area contributed by atoms with E-state index in [2.05, 4.69) is 0 Å². The standard InChI is InChI=1S/C13H22O4/c1-7-8-9-10(14)16-13(5,6)11(15)17-12(2,3)4/h8-9H,7H2,1-6H3. The molecule has 0 rings (SSSR count). The molecule has 0 bridgehead atoms. The zero-order valence-electron chi connectivity index (χ0n) is 11.5. The van der Waals surface area contributed by atoms with Gasteiger partial charge >= 0.3 is 11.9 Å². The molecule has 98 valence electrons. The van der Waals surface area contributed by atoms with Gasteiger partial charge in [0.1, 0.15) is 5.60 Å². The van der Waals surface area contributed by atoms with E-state index in [0.717, 1.165) is 6.42 Å². The van der Waals surface area contributed by atoms with Gasteiger partial charge in [0.25, 0.3) is 0 Å². The topological polar surface area (TPSA) is 52.6 Å². The van der Waals surface area contributed by atoms with Crippen molar-refractivity contribution in [3.8, 4) is 0 Å². The SMILES string of the molecule is CCC=CC(=O)OC(C)(C)C(=O)OC(C)(C)C. The van der Waals surface area contributed by atoms with Crippen molar-refractivity contribution in [2.24, 2.45) is 0 Å². The Bertz CT molecular complexity index is 308. The molecule has 0 aliphatic rings. The number of hydrogen-bond donors (Lipinski definition) is 0. The second-order valence-corrected chi connectivity index (χ2v) is 5.24. The first kappa shape index (κ1) is 15.7. The summed E-state index contributed by atoms with van der Waals surface area (Å²) in [4.78, 5) is 23.1. The molecule has 0 aromatic carbocycles. The van der Waals surface area contributed by atoms with Crippen molar-refractivity contribution in [2.45, 2.75) is 59.2 Å². The van der Waals surface area contributed by atoms with Crippen molar-refractivity contribution in [1.82, 2.24) is 0 Å². The summed E-state index contributed by atoms with van der Waals surface area (Å²) in [5.41, 5.74) is -1.87. The molecule has 0 aliphatic carbocycles. The van der Waals surface area contributed by atoms with E-state index < -0.39 is 23.1 Å². The van der Waals surface area contributed by atoms with Gasteiger partial charge in [0.05, 0.1) is 0 Å². The Morgan fingerprint density at radius 1 is 1.06 bits per heavy atom. The first-order chi connectivity index (χ1) is 7.58. The second kappa shape index (κ2) is 5.84. The van der Waals surface area contributed by atoms with Gasteiger partial charge in [-0.2, -0.15) is 0 Å². The molecule has 4 heteroatoms. The molecule has 0 heterocycles. The highest BCUT2D eigenvalue weighted by Crippen LogP contribution is 2.17. The number of hydrogen-bond acceptors (Lipinski definition) is 4. The summed E-state index contributed by atoms with van der Waals surface area (Å²) < 4.78 is 10.2. The zero-order chi connectivity index (χ0) is 13.7. The minimum atomic E-state index is -1.28. The minimum absolute atomic E-state index is 0.539. The summed E-state index contributed by atoms with van der Waals surface area (Å²) in [6, 6.07) is 0. The van der Waals surface area contributed by atoms with E-state index in [1.165, 1.54) is 19.9 Å². The molecule has 0 saturated heterocycles. The maximum Gasteiger partial charge on any atom is 0.350 e. The van der Waals surface area contributed by atoms with Crippen LogP contribution in [0.4, 0.5) is 0 Å². The highest BCUT2D eigenvalue weighted by Gasteiger charge is 2.35. The van der Waals surface area contributed by atoms with E-state index in [4.69, 9.17) is 9.47 Å². The van der Waals surface area contributed by atoms with Crippen LogP contribution >= 0.6 is 0 Å². The van der Waals surface area contributed by atoms with Gasteiger partial charge in [0.15, 0.2) is 0 Å². The number of carbonyl (C=O) groups is 2. The van der Waals surface area contributed by atoms with Crippen LogP contribution < -0.4 is 0 Å². The monoisotopic (exact) mass is 242 g/mol. The highest BCUT2D eigenvalue weighted by atomic mass is 16.6. The zero-order valence-corrected chi connectivity index (χ0v) is 11.5. The lowest BCUT2D eigenvalue weighted by molar-refractivity contribution is -0.184. The van der Waals surface area contributed by atoms with Crippen LogP contribution in [0.2, 0.25) is 0 Å². The summed E-state index contributed by atoms with van der Waals surface area (Å²) in [5, 5.41) is 0. The van der Waals surface area contributed by atoms with Gasteiger partial charge in [-0.1, -0.05) is 13.0 Å². The highest BCUT2D eigenvalue weighted by molar-refractivity contribution is 5.87. The van der Waals surface area contributed by atoms with Gasteiger partial charge in [0, 0.05) is 6.08 Å². The molecule has 17 heavy (non-hydrogen) atoms. The van der Waals surface area contributed by atoms with E-state index in [9.17, 15) is 9.59 Å². The summed E-state index contributed by atoms with van der Waals surface area (Å²) in [7, 11) is 0. The molecule has 0 unspecified atom stereocenters. The van der Waals surface area contributed by atoms with Crippen molar-refractivity contribution >= 4 is 11.9 Å². The van der Waals surface area contributed by atoms with Gasteiger partial charge in [-0.25, -0.2) is 9.59 Å². The van der Waals surface area contributed by atoms with Crippen LogP contribution in [0.15, 0.2) is 12.2 Å². The van der Waals surface area contributed by atoms with Gasteiger partial charge in [0.2, 0.25) is 5.60 Å². The molecular formula is C13H22O4. The third-order valence-corrected chi connectivity index (χ3v) is 1.74. The third-order valence-electron chi connectivity index (χ3n) is 1.74. The molecule has 0 spiro atoms. The molecule has 0 radical (unpaired) electrons. The van der Waals surface area contributed by atoms with Crippen LogP contribution in [0.25, 0.3) is 0 Å². The van der Waals surface area contributed by atoms with Crippen molar-refractivity contribution < 1.29 is 19.1 Å². The average molecular weight is 242 g/mol. The lowest BCUT2D eigenvalue weighted by Crippen LogP contribution is -2.42. The Balaban J connectivity index is 4.52. The largest absolute Gasteiger partial charge is 0.457 e. The summed E-state index contributed by atoms with van der Waals surface area (Å²) in [5.74, 6) is -1.09. The first-order valence-corrected chi connectivity index (χ1v) is 5.71.